The van der Waals surface area contributed by atoms with E-state index < -0.39 is 12.0 Å². The fourth-order valence-corrected chi connectivity index (χ4v) is 3.03. The smallest absolute Gasteiger partial charge is 0.284 e. The number of nitrogens with one attached hydrogen (secondary N) is 1. The van der Waals surface area contributed by atoms with Crippen molar-refractivity contribution in [3.63, 3.8) is 0 Å². The Morgan fingerprint density at radius 3 is 2.75 bits per heavy atom. The van der Waals surface area contributed by atoms with Crippen molar-refractivity contribution >= 4 is 35.3 Å². The molecule has 28 heavy (non-hydrogen) atoms. The molecule has 0 saturated carbocycles. The largest absolute Gasteiger partial charge is 0.485 e. The highest BCUT2D eigenvalue weighted by Gasteiger charge is 2.27. The number of halogens is 2. The third-order valence-electron chi connectivity index (χ3n) is 4.01. The number of amides is 1. The van der Waals surface area contributed by atoms with Gasteiger partial charge in [0.2, 0.25) is 6.10 Å². The third kappa shape index (κ3) is 3.83. The van der Waals surface area contributed by atoms with Crippen molar-refractivity contribution in [3.8, 4) is 22.8 Å². The molecule has 1 N–H and O–H groups in total. The van der Waals surface area contributed by atoms with E-state index in [1.165, 1.54) is 6.21 Å². The summed E-state index contributed by atoms with van der Waals surface area (Å²) in [6.07, 6.45) is 0.599. The summed E-state index contributed by atoms with van der Waals surface area (Å²) in [7, 11) is 0. The molecule has 0 radical (unpaired) electrons. The van der Waals surface area contributed by atoms with Gasteiger partial charge < -0.3 is 13.9 Å². The Kier molecular flexibility index (Phi) is 5.23. The van der Waals surface area contributed by atoms with Crippen molar-refractivity contribution in [2.75, 3.05) is 6.61 Å². The first-order valence-electron chi connectivity index (χ1n) is 8.37. The number of carbonyl (C=O) groups is 1. The van der Waals surface area contributed by atoms with Crippen LogP contribution in [0.4, 0.5) is 0 Å². The molecule has 142 valence electrons. The van der Waals surface area contributed by atoms with Crippen LogP contribution in [0.25, 0.3) is 11.3 Å². The summed E-state index contributed by atoms with van der Waals surface area (Å²) in [5.41, 5.74) is 3.09. The quantitative estimate of drug-likeness (QED) is 0.500. The highest BCUT2D eigenvalue weighted by atomic mass is 35.5. The number of hydrazone groups is 1. The Balaban J connectivity index is 1.39. The first-order valence-corrected chi connectivity index (χ1v) is 9.13. The lowest BCUT2D eigenvalue weighted by atomic mass is 10.2. The lowest BCUT2D eigenvalue weighted by molar-refractivity contribution is -0.130. The molecule has 0 bridgehead atoms. The van der Waals surface area contributed by atoms with Crippen molar-refractivity contribution in [1.82, 2.24) is 5.43 Å². The van der Waals surface area contributed by atoms with Crippen LogP contribution in [0, 0.1) is 0 Å². The summed E-state index contributed by atoms with van der Waals surface area (Å²) in [6.45, 7) is 0.108. The van der Waals surface area contributed by atoms with Crippen LogP contribution in [0.1, 0.15) is 5.76 Å². The average Bonchev–Trinajstić information content (AvgIpc) is 3.18. The summed E-state index contributed by atoms with van der Waals surface area (Å²) in [6, 6.07) is 15.9. The van der Waals surface area contributed by atoms with Gasteiger partial charge in [0.25, 0.3) is 5.91 Å². The molecular weight excluding hydrogens is 403 g/mol. The molecule has 2 heterocycles. The fourth-order valence-electron chi connectivity index (χ4n) is 2.64. The van der Waals surface area contributed by atoms with Gasteiger partial charge in [-0.3, -0.25) is 4.79 Å². The molecule has 6 nitrogen and oxygen atoms in total. The van der Waals surface area contributed by atoms with Gasteiger partial charge in [0.15, 0.2) is 11.5 Å². The second-order valence-corrected chi connectivity index (χ2v) is 6.69. The van der Waals surface area contributed by atoms with E-state index in [1.54, 1.807) is 48.5 Å². The number of carbonyl (C=O) groups excluding carboxylic acids is 1. The van der Waals surface area contributed by atoms with E-state index in [0.29, 0.717) is 38.6 Å². The molecule has 4 rings (SSSR count). The number of ether oxygens (including phenoxy) is 2. The van der Waals surface area contributed by atoms with Gasteiger partial charge in [0.1, 0.15) is 18.1 Å². The maximum atomic E-state index is 12.2. The van der Waals surface area contributed by atoms with Gasteiger partial charge in [-0.05, 0) is 36.4 Å². The molecule has 1 amide bonds. The maximum Gasteiger partial charge on any atom is 0.284 e. The van der Waals surface area contributed by atoms with Gasteiger partial charge in [-0.1, -0.05) is 41.4 Å². The molecule has 3 aromatic rings. The molecule has 1 aromatic heterocycles. The molecule has 0 spiro atoms. The van der Waals surface area contributed by atoms with E-state index in [9.17, 15) is 4.79 Å². The predicted octanol–water partition coefficient (Wildman–Crippen LogP) is 4.54. The molecule has 1 atom stereocenters. The van der Waals surface area contributed by atoms with Crippen molar-refractivity contribution in [1.29, 1.82) is 0 Å². The van der Waals surface area contributed by atoms with Crippen molar-refractivity contribution in [2.45, 2.75) is 6.10 Å². The number of hydrogen-bond donors (Lipinski definition) is 1. The molecule has 0 saturated heterocycles. The second-order valence-electron chi connectivity index (χ2n) is 5.90. The van der Waals surface area contributed by atoms with E-state index in [2.05, 4.69) is 10.5 Å². The minimum Gasteiger partial charge on any atom is -0.485 e. The number of para-hydroxylation sites is 2. The summed E-state index contributed by atoms with van der Waals surface area (Å²) in [5, 5.41) is 4.75. The maximum absolute atomic E-state index is 12.2. The number of furan rings is 1. The van der Waals surface area contributed by atoms with Crippen LogP contribution >= 0.6 is 23.2 Å². The van der Waals surface area contributed by atoms with Crippen molar-refractivity contribution in [2.24, 2.45) is 5.10 Å². The highest BCUT2D eigenvalue weighted by Crippen LogP contribution is 2.34. The normalized spacial score (nSPS) is 15.6. The summed E-state index contributed by atoms with van der Waals surface area (Å²) in [4.78, 5) is 12.2. The Bertz CT molecular complexity index is 1050. The van der Waals surface area contributed by atoms with Crippen molar-refractivity contribution in [3.05, 3.63) is 70.4 Å². The molecule has 1 unspecified atom stereocenters. The number of fused-ring (bicyclic) bond motifs is 1. The van der Waals surface area contributed by atoms with E-state index in [0.717, 1.165) is 0 Å². The molecule has 8 heteroatoms. The standard InChI is InChI=1S/C20H14Cl2N2O4/c21-14-5-3-4-13(19(14)22)15-9-8-12(27-15)10-23-24-20(25)18-11-26-16-6-1-2-7-17(16)28-18/h1-10,18H,11H2,(H,24,25). The zero-order valence-electron chi connectivity index (χ0n) is 14.4. The van der Waals surface area contributed by atoms with Crippen LogP contribution in [0.2, 0.25) is 10.0 Å². The van der Waals surface area contributed by atoms with Gasteiger partial charge in [0, 0.05) is 5.56 Å². The third-order valence-corrected chi connectivity index (χ3v) is 4.83. The summed E-state index contributed by atoms with van der Waals surface area (Å²) in [5.74, 6) is 1.69. The molecule has 2 aromatic carbocycles. The van der Waals surface area contributed by atoms with Crippen LogP contribution in [0.5, 0.6) is 11.5 Å². The summed E-state index contributed by atoms with van der Waals surface area (Å²) < 4.78 is 16.8. The first kappa shape index (κ1) is 18.4. The van der Waals surface area contributed by atoms with Crippen LogP contribution < -0.4 is 14.9 Å². The van der Waals surface area contributed by atoms with Gasteiger partial charge in [-0.15, -0.1) is 0 Å². The van der Waals surface area contributed by atoms with Crippen LogP contribution in [0.3, 0.4) is 0 Å². The van der Waals surface area contributed by atoms with Crippen LogP contribution in [0.15, 0.2) is 64.1 Å². The lowest BCUT2D eigenvalue weighted by Gasteiger charge is -2.24. The minimum absolute atomic E-state index is 0.108. The van der Waals surface area contributed by atoms with E-state index >= 15 is 0 Å². The summed E-state index contributed by atoms with van der Waals surface area (Å²) >= 11 is 12.2. The topological polar surface area (TPSA) is 73.1 Å². The zero-order valence-corrected chi connectivity index (χ0v) is 15.9. The Morgan fingerprint density at radius 2 is 1.89 bits per heavy atom. The Hall–Kier alpha value is -2.96. The van der Waals surface area contributed by atoms with Gasteiger partial charge >= 0.3 is 0 Å². The van der Waals surface area contributed by atoms with E-state index in [4.69, 9.17) is 37.1 Å². The number of rotatable bonds is 4. The van der Waals surface area contributed by atoms with Gasteiger partial charge in [-0.25, -0.2) is 5.43 Å². The number of benzene rings is 2. The van der Waals surface area contributed by atoms with Crippen molar-refractivity contribution < 1.29 is 18.7 Å². The van der Waals surface area contributed by atoms with Gasteiger partial charge in [-0.2, -0.15) is 5.10 Å². The fraction of sp³-hybridized carbons (Fsp3) is 0.100. The number of nitrogens with zero attached hydrogens (tertiary/aromatic N) is 1. The van der Waals surface area contributed by atoms with E-state index in [-0.39, 0.29) is 6.61 Å². The second kappa shape index (κ2) is 7.96. The number of hydrogen-bond acceptors (Lipinski definition) is 5. The van der Waals surface area contributed by atoms with Crippen LogP contribution in [-0.4, -0.2) is 24.8 Å². The highest BCUT2D eigenvalue weighted by molar-refractivity contribution is 6.43. The predicted molar refractivity (Wildman–Crippen MR) is 106 cm³/mol. The molecular formula is C20H14Cl2N2O4. The molecule has 0 fully saturated rings. The Morgan fingerprint density at radius 1 is 1.07 bits per heavy atom. The Labute approximate surface area is 170 Å². The average molecular weight is 417 g/mol. The molecule has 1 aliphatic heterocycles. The van der Waals surface area contributed by atoms with Gasteiger partial charge in [0.05, 0.1) is 16.3 Å². The zero-order chi connectivity index (χ0) is 19.5. The SMILES string of the molecule is O=C(NN=Cc1ccc(-c2cccc(Cl)c2Cl)o1)C1COc2ccccc2O1. The van der Waals surface area contributed by atoms with Crippen LogP contribution in [-0.2, 0) is 4.79 Å². The monoisotopic (exact) mass is 416 g/mol. The molecule has 1 aliphatic rings. The lowest BCUT2D eigenvalue weighted by Crippen LogP contribution is -2.42. The first-order chi connectivity index (χ1) is 13.6. The van der Waals surface area contributed by atoms with E-state index in [1.807, 2.05) is 6.07 Å². The minimum atomic E-state index is -0.788. The molecule has 0 aliphatic carbocycles.